The minimum Gasteiger partial charge on any atom is -0.427 e. The summed E-state index contributed by atoms with van der Waals surface area (Å²) in [6.45, 7) is 1.43. The summed E-state index contributed by atoms with van der Waals surface area (Å²) in [6.07, 6.45) is 9.95. The van der Waals surface area contributed by atoms with E-state index in [0.29, 0.717) is 12.3 Å². The van der Waals surface area contributed by atoms with Gasteiger partial charge in [0.25, 0.3) is 5.79 Å². The van der Waals surface area contributed by atoms with Crippen molar-refractivity contribution in [3.8, 4) is 0 Å². The molecule has 4 aliphatic rings. The van der Waals surface area contributed by atoms with Crippen LogP contribution in [0, 0.1) is 5.92 Å². The molecule has 0 unspecified atom stereocenters. The Kier molecular flexibility index (Phi) is 3.11. The minimum absolute atomic E-state index is 0.329. The monoisotopic (exact) mass is 296 g/mol. The first-order valence-electron chi connectivity index (χ1n) is 8.36. The summed E-state index contributed by atoms with van der Waals surface area (Å²) in [5.41, 5.74) is -0.511. The second-order valence-electron chi connectivity index (χ2n) is 7.11. The Labute approximate surface area is 125 Å². The second-order valence-corrected chi connectivity index (χ2v) is 7.11. The number of ether oxygens (including phenoxy) is 2. The Morgan fingerprint density at radius 1 is 1.00 bits per heavy atom. The van der Waals surface area contributed by atoms with Crippen LogP contribution >= 0.6 is 0 Å². The summed E-state index contributed by atoms with van der Waals surface area (Å²) >= 11 is 0. The zero-order chi connectivity index (χ0) is 14.6. The smallest absolute Gasteiger partial charge is 0.305 e. The molecule has 0 radical (unpaired) electrons. The molecular formula is C16H24O5. The molecule has 5 nitrogen and oxygen atoms in total. The van der Waals surface area contributed by atoms with Crippen LogP contribution in [0.5, 0.6) is 0 Å². The van der Waals surface area contributed by atoms with Gasteiger partial charge in [0, 0.05) is 25.7 Å². The third-order valence-electron chi connectivity index (χ3n) is 5.87. The molecule has 4 rings (SSSR count). The van der Waals surface area contributed by atoms with E-state index in [0.717, 1.165) is 51.4 Å². The lowest BCUT2D eigenvalue weighted by Crippen LogP contribution is -2.73. The molecule has 0 amide bonds. The molecule has 2 bridgehead atoms. The molecule has 118 valence electrons. The number of rotatable bonds is 1. The molecule has 0 aromatic heterocycles. The van der Waals surface area contributed by atoms with Crippen LogP contribution in [0.1, 0.15) is 71.1 Å². The fourth-order valence-corrected chi connectivity index (χ4v) is 4.88. The van der Waals surface area contributed by atoms with Gasteiger partial charge in [0.05, 0.1) is 0 Å². The summed E-state index contributed by atoms with van der Waals surface area (Å²) in [5.74, 6) is -1.55. The molecular weight excluding hydrogens is 272 g/mol. The van der Waals surface area contributed by atoms with Crippen molar-refractivity contribution in [2.75, 3.05) is 0 Å². The number of hydrogen-bond acceptors (Lipinski definition) is 5. The lowest BCUT2D eigenvalue weighted by molar-refractivity contribution is -0.608. The Morgan fingerprint density at radius 2 is 1.81 bits per heavy atom. The van der Waals surface area contributed by atoms with Crippen LogP contribution in [0.25, 0.3) is 0 Å². The van der Waals surface area contributed by atoms with Gasteiger partial charge in [-0.1, -0.05) is 12.8 Å². The lowest BCUT2D eigenvalue weighted by atomic mass is 9.68. The highest BCUT2D eigenvalue weighted by Crippen LogP contribution is 2.60. The van der Waals surface area contributed by atoms with E-state index in [9.17, 15) is 4.79 Å². The van der Waals surface area contributed by atoms with Crippen molar-refractivity contribution in [1.82, 2.24) is 0 Å². The van der Waals surface area contributed by atoms with Gasteiger partial charge in [-0.05, 0) is 38.5 Å². The fraction of sp³-hybridized carbons (Fsp3) is 0.938. The quantitative estimate of drug-likeness (QED) is 0.549. The van der Waals surface area contributed by atoms with E-state index in [4.69, 9.17) is 19.2 Å². The second kappa shape index (κ2) is 4.67. The highest BCUT2D eigenvalue weighted by atomic mass is 17.3. The summed E-state index contributed by atoms with van der Waals surface area (Å²) in [5, 5.41) is 0. The van der Waals surface area contributed by atoms with Crippen molar-refractivity contribution in [3.63, 3.8) is 0 Å². The van der Waals surface area contributed by atoms with Gasteiger partial charge < -0.3 is 9.47 Å². The molecule has 0 N–H and O–H groups in total. The standard InChI is InChI=1S/C16H24O5/c1-12(17)18-16-10-5-4-8-14(16)11-7-13-6-2-3-9-15(13,19-14)20-21-16/h13H,2-11H2,1H3/t13-,14-,15-,16-/m0/s1. The van der Waals surface area contributed by atoms with Crippen LogP contribution < -0.4 is 0 Å². The zero-order valence-corrected chi connectivity index (χ0v) is 12.7. The van der Waals surface area contributed by atoms with Gasteiger partial charge in [0.2, 0.25) is 5.79 Å². The highest BCUT2D eigenvalue weighted by Gasteiger charge is 2.69. The van der Waals surface area contributed by atoms with E-state index in [1.54, 1.807) is 0 Å². The van der Waals surface area contributed by atoms with E-state index in [-0.39, 0.29) is 5.97 Å². The van der Waals surface area contributed by atoms with Gasteiger partial charge in [-0.3, -0.25) is 4.79 Å². The third kappa shape index (κ3) is 1.90. The van der Waals surface area contributed by atoms with Crippen LogP contribution in [0.15, 0.2) is 0 Å². The highest BCUT2D eigenvalue weighted by molar-refractivity contribution is 5.66. The molecule has 4 atom stereocenters. The molecule has 2 spiro atoms. The topological polar surface area (TPSA) is 54.0 Å². The maximum absolute atomic E-state index is 11.6. The van der Waals surface area contributed by atoms with Gasteiger partial charge in [0.15, 0.2) is 0 Å². The van der Waals surface area contributed by atoms with E-state index < -0.39 is 17.2 Å². The van der Waals surface area contributed by atoms with Crippen molar-refractivity contribution in [1.29, 1.82) is 0 Å². The summed E-state index contributed by atoms with van der Waals surface area (Å²) in [6, 6.07) is 0. The predicted molar refractivity (Wildman–Crippen MR) is 72.9 cm³/mol. The number of hydrogen-bond donors (Lipinski definition) is 0. The predicted octanol–water partition coefficient (Wildman–Crippen LogP) is 3.22. The molecule has 0 aromatic carbocycles. The molecule has 5 heteroatoms. The Hall–Kier alpha value is -0.650. The molecule has 4 fully saturated rings. The van der Waals surface area contributed by atoms with E-state index in [1.165, 1.54) is 13.3 Å². The van der Waals surface area contributed by atoms with E-state index in [2.05, 4.69) is 0 Å². The van der Waals surface area contributed by atoms with Crippen LogP contribution in [0.2, 0.25) is 0 Å². The molecule has 2 saturated heterocycles. The maximum atomic E-state index is 11.6. The normalized spacial score (nSPS) is 48.9. The fourth-order valence-electron chi connectivity index (χ4n) is 4.88. The van der Waals surface area contributed by atoms with Crippen molar-refractivity contribution < 1.29 is 24.0 Å². The number of carbonyl (C=O) groups is 1. The minimum atomic E-state index is -1.04. The van der Waals surface area contributed by atoms with Gasteiger partial charge in [-0.15, -0.1) is 0 Å². The first-order valence-corrected chi connectivity index (χ1v) is 8.36. The molecule has 21 heavy (non-hydrogen) atoms. The third-order valence-corrected chi connectivity index (χ3v) is 5.87. The van der Waals surface area contributed by atoms with Crippen LogP contribution in [-0.2, 0) is 24.0 Å². The Bertz CT molecular complexity index is 452. The molecule has 2 aliphatic heterocycles. The van der Waals surface area contributed by atoms with Crippen LogP contribution in [0.3, 0.4) is 0 Å². The summed E-state index contributed by atoms with van der Waals surface area (Å²) in [4.78, 5) is 23.2. The first-order chi connectivity index (χ1) is 10.1. The maximum Gasteiger partial charge on any atom is 0.305 e. The average molecular weight is 296 g/mol. The van der Waals surface area contributed by atoms with Gasteiger partial charge in [0.1, 0.15) is 5.60 Å². The lowest BCUT2D eigenvalue weighted by Gasteiger charge is -2.63. The van der Waals surface area contributed by atoms with E-state index >= 15 is 0 Å². The van der Waals surface area contributed by atoms with Crippen molar-refractivity contribution in [2.24, 2.45) is 5.92 Å². The zero-order valence-electron chi connectivity index (χ0n) is 12.7. The van der Waals surface area contributed by atoms with Crippen LogP contribution in [0.4, 0.5) is 0 Å². The molecule has 2 heterocycles. The Morgan fingerprint density at radius 3 is 2.67 bits per heavy atom. The number of esters is 1. The SMILES string of the molecule is CC(=O)O[C@]12CCCC[C@]13CC[C@@H]1CCCC[C@@]1(OO2)O3. The molecule has 2 saturated carbocycles. The van der Waals surface area contributed by atoms with Gasteiger partial charge in [-0.2, -0.15) is 9.78 Å². The summed E-state index contributed by atoms with van der Waals surface area (Å²) in [7, 11) is 0. The van der Waals surface area contributed by atoms with Crippen molar-refractivity contribution in [2.45, 2.75) is 88.3 Å². The van der Waals surface area contributed by atoms with Crippen LogP contribution in [-0.4, -0.2) is 23.1 Å². The largest absolute Gasteiger partial charge is 0.427 e. The average Bonchev–Trinajstić information content (AvgIpc) is 2.47. The van der Waals surface area contributed by atoms with E-state index in [1.807, 2.05) is 0 Å². The van der Waals surface area contributed by atoms with Crippen molar-refractivity contribution in [3.05, 3.63) is 0 Å². The Balaban J connectivity index is 1.70. The van der Waals surface area contributed by atoms with Gasteiger partial charge >= 0.3 is 5.97 Å². The number of carbonyl (C=O) groups excluding carboxylic acids is 1. The molecule has 2 aliphatic carbocycles. The van der Waals surface area contributed by atoms with Crippen molar-refractivity contribution >= 4 is 5.97 Å². The molecule has 0 aromatic rings. The van der Waals surface area contributed by atoms with Gasteiger partial charge in [-0.25, -0.2) is 0 Å². The first kappa shape index (κ1) is 14.0. The summed E-state index contributed by atoms with van der Waals surface area (Å²) < 4.78 is 12.2.